The van der Waals surface area contributed by atoms with Gasteiger partial charge in [0.1, 0.15) is 11.8 Å². The Balaban J connectivity index is 1.22. The van der Waals surface area contributed by atoms with Crippen LogP contribution in [-0.4, -0.2) is 42.1 Å². The zero-order valence-corrected chi connectivity index (χ0v) is 17.4. The smallest absolute Gasteiger partial charge is 0.303 e. The summed E-state index contributed by atoms with van der Waals surface area (Å²) in [6, 6.07) is 11.6. The molecule has 0 unspecified atom stereocenters. The number of aromatic amines is 1. The van der Waals surface area contributed by atoms with E-state index in [0.29, 0.717) is 17.4 Å². The van der Waals surface area contributed by atoms with Crippen LogP contribution in [0.3, 0.4) is 0 Å². The van der Waals surface area contributed by atoms with E-state index in [1.807, 2.05) is 36.4 Å². The molecule has 1 aliphatic rings. The third-order valence-corrected chi connectivity index (χ3v) is 5.86. The fraction of sp³-hybridized carbons (Fsp3) is 0.292. The summed E-state index contributed by atoms with van der Waals surface area (Å²) in [5.74, 6) is 0.789. The molecule has 8 heteroatoms. The van der Waals surface area contributed by atoms with Crippen molar-refractivity contribution >= 4 is 17.0 Å². The normalized spacial score (nSPS) is 18.5. The SMILES string of the molecule is O=C(O)CC1CCC(Oc2ccc(-c3cnc(-c4nc5ccccc5[nH]4)cn3)cn2)CC1. The summed E-state index contributed by atoms with van der Waals surface area (Å²) in [6.45, 7) is 0. The van der Waals surface area contributed by atoms with Crippen LogP contribution in [0.1, 0.15) is 32.1 Å². The molecular weight excluding hydrogens is 406 g/mol. The summed E-state index contributed by atoms with van der Waals surface area (Å²) < 4.78 is 6.00. The number of carboxylic acids is 1. The zero-order chi connectivity index (χ0) is 21.9. The van der Waals surface area contributed by atoms with Crippen molar-refractivity contribution < 1.29 is 14.6 Å². The van der Waals surface area contributed by atoms with Crippen molar-refractivity contribution in [2.75, 3.05) is 0 Å². The first-order valence-corrected chi connectivity index (χ1v) is 10.8. The molecule has 8 nitrogen and oxygen atoms in total. The number of aromatic nitrogens is 5. The van der Waals surface area contributed by atoms with Crippen LogP contribution in [-0.2, 0) is 4.79 Å². The highest BCUT2D eigenvalue weighted by atomic mass is 16.5. The third kappa shape index (κ3) is 4.44. The summed E-state index contributed by atoms with van der Waals surface area (Å²) in [5.41, 5.74) is 4.10. The van der Waals surface area contributed by atoms with Gasteiger partial charge in [0.25, 0.3) is 0 Å². The molecule has 32 heavy (non-hydrogen) atoms. The Morgan fingerprint density at radius 1 is 0.969 bits per heavy atom. The second-order valence-corrected chi connectivity index (χ2v) is 8.13. The van der Waals surface area contributed by atoms with E-state index in [1.165, 1.54) is 0 Å². The Hall–Kier alpha value is -3.81. The number of hydrogen-bond acceptors (Lipinski definition) is 6. The number of pyridine rings is 1. The summed E-state index contributed by atoms with van der Waals surface area (Å²) in [7, 11) is 0. The van der Waals surface area contributed by atoms with E-state index in [2.05, 4.69) is 24.9 Å². The number of para-hydroxylation sites is 2. The molecule has 1 saturated carbocycles. The summed E-state index contributed by atoms with van der Waals surface area (Å²) >= 11 is 0. The molecule has 4 aromatic rings. The quantitative estimate of drug-likeness (QED) is 0.464. The van der Waals surface area contributed by atoms with Gasteiger partial charge in [0.2, 0.25) is 5.88 Å². The lowest BCUT2D eigenvalue weighted by Crippen LogP contribution is -2.25. The van der Waals surface area contributed by atoms with E-state index in [4.69, 9.17) is 9.84 Å². The van der Waals surface area contributed by atoms with Crippen molar-refractivity contribution in [1.29, 1.82) is 0 Å². The Kier molecular flexibility index (Phi) is 5.49. The van der Waals surface area contributed by atoms with Crippen molar-refractivity contribution in [2.24, 2.45) is 5.92 Å². The molecule has 0 spiro atoms. The molecule has 1 aliphatic carbocycles. The lowest BCUT2D eigenvalue weighted by atomic mass is 9.85. The molecule has 0 aliphatic heterocycles. The third-order valence-electron chi connectivity index (χ3n) is 5.86. The minimum absolute atomic E-state index is 0.0845. The van der Waals surface area contributed by atoms with E-state index >= 15 is 0 Å². The Bertz CT molecular complexity index is 1180. The van der Waals surface area contributed by atoms with Crippen LogP contribution in [0, 0.1) is 5.92 Å². The zero-order valence-electron chi connectivity index (χ0n) is 17.4. The Morgan fingerprint density at radius 3 is 2.44 bits per heavy atom. The lowest BCUT2D eigenvalue weighted by molar-refractivity contribution is -0.138. The predicted octanol–water partition coefficient (Wildman–Crippen LogP) is 4.49. The van der Waals surface area contributed by atoms with Gasteiger partial charge in [-0.05, 0) is 49.8 Å². The number of rotatable bonds is 6. The molecular formula is C24H23N5O3. The van der Waals surface area contributed by atoms with Gasteiger partial charge in [0, 0.05) is 24.2 Å². The second kappa shape index (κ2) is 8.74. The van der Waals surface area contributed by atoms with Crippen LogP contribution in [0.25, 0.3) is 33.8 Å². The molecule has 2 N–H and O–H groups in total. The van der Waals surface area contributed by atoms with Gasteiger partial charge in [-0.1, -0.05) is 12.1 Å². The molecule has 1 aromatic carbocycles. The van der Waals surface area contributed by atoms with E-state index < -0.39 is 5.97 Å². The van der Waals surface area contributed by atoms with E-state index in [9.17, 15) is 4.79 Å². The molecule has 0 bridgehead atoms. The predicted molar refractivity (Wildman–Crippen MR) is 119 cm³/mol. The molecule has 0 radical (unpaired) electrons. The van der Waals surface area contributed by atoms with Crippen molar-refractivity contribution in [2.45, 2.75) is 38.2 Å². The second-order valence-electron chi connectivity index (χ2n) is 8.13. The van der Waals surface area contributed by atoms with Crippen LogP contribution in [0.15, 0.2) is 55.0 Å². The van der Waals surface area contributed by atoms with Gasteiger partial charge >= 0.3 is 5.97 Å². The van der Waals surface area contributed by atoms with Gasteiger partial charge in [0.05, 0.1) is 29.1 Å². The van der Waals surface area contributed by atoms with Gasteiger partial charge in [-0.15, -0.1) is 0 Å². The number of carbonyl (C=O) groups is 1. The molecule has 3 aromatic heterocycles. The number of ether oxygens (including phenoxy) is 1. The van der Waals surface area contributed by atoms with Crippen molar-refractivity contribution in [1.82, 2.24) is 24.9 Å². The van der Waals surface area contributed by atoms with Gasteiger partial charge in [-0.2, -0.15) is 0 Å². The van der Waals surface area contributed by atoms with Crippen molar-refractivity contribution in [3.8, 4) is 28.7 Å². The highest BCUT2D eigenvalue weighted by Gasteiger charge is 2.24. The number of nitrogens with one attached hydrogen (secondary N) is 1. The fourth-order valence-corrected chi connectivity index (χ4v) is 4.15. The molecule has 162 valence electrons. The van der Waals surface area contributed by atoms with E-state index in [-0.39, 0.29) is 18.4 Å². The van der Waals surface area contributed by atoms with Gasteiger partial charge in [-0.25, -0.2) is 15.0 Å². The molecule has 0 saturated heterocycles. The number of carboxylic acid groups (broad SMARTS) is 1. The van der Waals surface area contributed by atoms with Crippen LogP contribution in [0.5, 0.6) is 5.88 Å². The fourth-order valence-electron chi connectivity index (χ4n) is 4.15. The van der Waals surface area contributed by atoms with Crippen LogP contribution in [0.4, 0.5) is 0 Å². The first-order valence-electron chi connectivity index (χ1n) is 10.8. The van der Waals surface area contributed by atoms with Crippen LogP contribution < -0.4 is 4.74 Å². The summed E-state index contributed by atoms with van der Waals surface area (Å²) in [6.07, 6.45) is 8.95. The van der Waals surface area contributed by atoms with Gasteiger partial charge in [-0.3, -0.25) is 9.78 Å². The number of H-pyrrole nitrogens is 1. The molecule has 5 rings (SSSR count). The molecule has 1 fully saturated rings. The standard InChI is InChI=1S/C24H23N5O3/c30-23(31)11-15-5-8-17(9-6-15)32-22-10-7-16(12-27-22)20-13-26-21(14-25-20)24-28-18-3-1-2-4-19(18)29-24/h1-4,7,10,12-15,17H,5-6,8-9,11H2,(H,28,29)(H,30,31). The molecule has 3 heterocycles. The number of benzene rings is 1. The van der Waals surface area contributed by atoms with E-state index in [0.717, 1.165) is 48.0 Å². The topological polar surface area (TPSA) is 114 Å². The van der Waals surface area contributed by atoms with Crippen molar-refractivity contribution in [3.05, 3.63) is 55.0 Å². The maximum absolute atomic E-state index is 10.9. The van der Waals surface area contributed by atoms with Crippen LogP contribution >= 0.6 is 0 Å². The minimum atomic E-state index is -0.722. The highest BCUT2D eigenvalue weighted by Crippen LogP contribution is 2.29. The average molecular weight is 429 g/mol. The Labute approximate surface area is 184 Å². The monoisotopic (exact) mass is 429 g/mol. The van der Waals surface area contributed by atoms with E-state index in [1.54, 1.807) is 18.6 Å². The number of fused-ring (bicyclic) bond motifs is 1. The van der Waals surface area contributed by atoms with Gasteiger partial charge in [0.15, 0.2) is 5.82 Å². The number of imidazole rings is 1. The molecule has 0 atom stereocenters. The summed E-state index contributed by atoms with van der Waals surface area (Å²) in [5, 5.41) is 8.93. The minimum Gasteiger partial charge on any atom is -0.481 e. The average Bonchev–Trinajstić information content (AvgIpc) is 3.25. The maximum Gasteiger partial charge on any atom is 0.303 e. The number of nitrogens with zero attached hydrogens (tertiary/aromatic N) is 4. The van der Waals surface area contributed by atoms with Gasteiger partial charge < -0.3 is 14.8 Å². The van der Waals surface area contributed by atoms with Crippen molar-refractivity contribution in [3.63, 3.8) is 0 Å². The number of hydrogen-bond donors (Lipinski definition) is 2. The lowest BCUT2D eigenvalue weighted by Gasteiger charge is -2.27. The maximum atomic E-state index is 10.9. The largest absolute Gasteiger partial charge is 0.481 e. The molecule has 0 amide bonds. The highest BCUT2D eigenvalue weighted by molar-refractivity contribution is 5.78. The van der Waals surface area contributed by atoms with Crippen LogP contribution in [0.2, 0.25) is 0 Å². The first kappa shape index (κ1) is 20.1. The first-order chi connectivity index (χ1) is 15.6. The summed E-state index contributed by atoms with van der Waals surface area (Å²) in [4.78, 5) is 32.1. The Morgan fingerprint density at radius 2 is 1.75 bits per heavy atom. The number of aliphatic carboxylic acids is 1.